The van der Waals surface area contributed by atoms with Gasteiger partial charge in [-0.3, -0.25) is 4.98 Å². The van der Waals surface area contributed by atoms with Crippen molar-refractivity contribution >= 4 is 28.4 Å². The van der Waals surface area contributed by atoms with Crippen LogP contribution in [0.15, 0.2) is 54.6 Å². The lowest BCUT2D eigenvalue weighted by Gasteiger charge is -2.23. The van der Waals surface area contributed by atoms with Gasteiger partial charge < -0.3 is 5.32 Å². The summed E-state index contributed by atoms with van der Waals surface area (Å²) in [7, 11) is 0. The summed E-state index contributed by atoms with van der Waals surface area (Å²) < 4.78 is 0. The number of anilines is 1. The Morgan fingerprint density at radius 1 is 0.913 bits per heavy atom. The molecule has 2 heterocycles. The molecule has 0 radical (unpaired) electrons. The Labute approximate surface area is 140 Å². The number of fused-ring (bicyclic) bond motifs is 2. The lowest BCUT2D eigenvalue weighted by Crippen LogP contribution is -2.20. The number of aromatic nitrogens is 1. The van der Waals surface area contributed by atoms with Crippen LogP contribution in [-0.4, -0.2) is 4.98 Å². The molecule has 1 fully saturated rings. The van der Waals surface area contributed by atoms with Crippen LogP contribution in [0, 0.1) is 0 Å². The molecule has 1 aromatic heterocycles. The van der Waals surface area contributed by atoms with Crippen molar-refractivity contribution < 1.29 is 0 Å². The first kappa shape index (κ1) is 13.4. The van der Waals surface area contributed by atoms with E-state index in [4.69, 9.17) is 4.98 Å². The minimum atomic E-state index is 0.117. The Morgan fingerprint density at radius 2 is 1.70 bits per heavy atom. The van der Waals surface area contributed by atoms with Gasteiger partial charge in [-0.15, -0.1) is 0 Å². The molecule has 1 N–H and O–H groups in total. The first-order valence-corrected chi connectivity index (χ1v) is 9.33. The van der Waals surface area contributed by atoms with Crippen molar-refractivity contribution in [3.8, 4) is 0 Å². The maximum atomic E-state index is 4.88. The molecule has 0 atom stereocenters. The molecule has 2 aliphatic rings. The van der Waals surface area contributed by atoms with Gasteiger partial charge in [-0.1, -0.05) is 48.5 Å². The first-order valence-electron chi connectivity index (χ1n) is 8.18. The molecule has 5 rings (SSSR count). The third-order valence-electron chi connectivity index (χ3n) is 5.00. The molecule has 114 valence electrons. The van der Waals surface area contributed by atoms with E-state index < -0.39 is 0 Å². The molecule has 0 saturated heterocycles. The van der Waals surface area contributed by atoms with Crippen molar-refractivity contribution in [2.45, 2.75) is 29.9 Å². The maximum Gasteiger partial charge on any atom is 0.0726 e. The minimum absolute atomic E-state index is 0.117. The topological polar surface area (TPSA) is 24.9 Å². The second-order valence-electron chi connectivity index (χ2n) is 6.50. The zero-order valence-electron chi connectivity index (χ0n) is 12.9. The fourth-order valence-electron chi connectivity index (χ4n) is 3.58. The van der Waals surface area contributed by atoms with E-state index in [2.05, 4.69) is 59.9 Å². The van der Waals surface area contributed by atoms with Gasteiger partial charge in [-0.25, -0.2) is 0 Å². The Hall–Kier alpha value is -2.00. The number of benzene rings is 2. The highest BCUT2D eigenvalue weighted by Crippen LogP contribution is 2.50. The van der Waals surface area contributed by atoms with Crippen LogP contribution in [0.3, 0.4) is 0 Å². The number of hydrogen-bond acceptors (Lipinski definition) is 3. The monoisotopic (exact) mass is 318 g/mol. The number of hydrogen-bond donors (Lipinski definition) is 1. The third-order valence-corrected chi connectivity index (χ3v) is 5.98. The minimum Gasteiger partial charge on any atom is -0.375 e. The summed E-state index contributed by atoms with van der Waals surface area (Å²) in [5, 5.41) is 5.20. The summed E-state index contributed by atoms with van der Waals surface area (Å²) in [6.07, 6.45) is 2.41. The van der Waals surface area contributed by atoms with E-state index in [0.717, 1.165) is 17.0 Å². The Bertz CT molecular complexity index is 885. The SMILES string of the molecule is c1ccc(C2(Nc3c4c(nc5ccccc35)CSC4)CC2)cc1. The van der Waals surface area contributed by atoms with Gasteiger partial charge in [0.25, 0.3) is 0 Å². The molecular formula is C20H18N2S. The zero-order valence-corrected chi connectivity index (χ0v) is 13.7. The van der Waals surface area contributed by atoms with E-state index in [-0.39, 0.29) is 5.54 Å². The Balaban J connectivity index is 1.66. The number of rotatable bonds is 3. The maximum absolute atomic E-state index is 4.88. The van der Waals surface area contributed by atoms with Crippen LogP contribution in [0.2, 0.25) is 0 Å². The fraction of sp³-hybridized carbons (Fsp3) is 0.250. The molecule has 23 heavy (non-hydrogen) atoms. The highest BCUT2D eigenvalue weighted by molar-refractivity contribution is 7.98. The summed E-state index contributed by atoms with van der Waals surface area (Å²) in [5.74, 6) is 2.10. The van der Waals surface area contributed by atoms with Gasteiger partial charge in [0.15, 0.2) is 0 Å². The number of nitrogens with zero attached hydrogens (tertiary/aromatic N) is 1. The van der Waals surface area contributed by atoms with E-state index >= 15 is 0 Å². The zero-order chi connectivity index (χ0) is 15.3. The lowest BCUT2D eigenvalue weighted by atomic mass is 10.0. The molecule has 0 unspecified atom stereocenters. The molecule has 1 aliphatic carbocycles. The molecule has 1 saturated carbocycles. The van der Waals surface area contributed by atoms with Crippen LogP contribution in [0.4, 0.5) is 5.69 Å². The Morgan fingerprint density at radius 3 is 2.52 bits per heavy atom. The van der Waals surface area contributed by atoms with Crippen molar-refractivity contribution in [2.75, 3.05) is 5.32 Å². The van der Waals surface area contributed by atoms with Gasteiger partial charge in [0.1, 0.15) is 0 Å². The second-order valence-corrected chi connectivity index (χ2v) is 7.48. The fourth-order valence-corrected chi connectivity index (χ4v) is 4.63. The molecule has 0 spiro atoms. The van der Waals surface area contributed by atoms with Crippen LogP contribution < -0.4 is 5.32 Å². The number of thioether (sulfide) groups is 1. The van der Waals surface area contributed by atoms with E-state index in [9.17, 15) is 0 Å². The van der Waals surface area contributed by atoms with E-state index in [1.54, 1.807) is 0 Å². The van der Waals surface area contributed by atoms with Crippen LogP contribution in [0.5, 0.6) is 0 Å². The van der Waals surface area contributed by atoms with Gasteiger partial charge in [0.05, 0.1) is 22.4 Å². The highest BCUT2D eigenvalue weighted by atomic mass is 32.2. The smallest absolute Gasteiger partial charge is 0.0726 e. The summed E-state index contributed by atoms with van der Waals surface area (Å²) in [6.45, 7) is 0. The van der Waals surface area contributed by atoms with Gasteiger partial charge in [0.2, 0.25) is 0 Å². The van der Waals surface area contributed by atoms with E-state index in [0.29, 0.717) is 0 Å². The van der Waals surface area contributed by atoms with E-state index in [1.165, 1.54) is 40.7 Å². The van der Waals surface area contributed by atoms with Gasteiger partial charge in [-0.2, -0.15) is 11.8 Å². The summed E-state index contributed by atoms with van der Waals surface area (Å²) >= 11 is 1.97. The lowest BCUT2D eigenvalue weighted by molar-refractivity contribution is 0.807. The standard InChI is InChI=1S/C20H18N2S/c1-2-6-14(7-3-1)20(10-11-20)22-19-15-8-4-5-9-17(15)21-18-13-23-12-16(18)19/h1-9H,10-13H2,(H,21,22). The molecule has 3 heteroatoms. The molecule has 3 aromatic rings. The molecule has 0 bridgehead atoms. The average Bonchev–Trinajstić information content (AvgIpc) is 3.24. The van der Waals surface area contributed by atoms with Crippen molar-refractivity contribution in [1.82, 2.24) is 4.98 Å². The second kappa shape index (κ2) is 5.00. The number of para-hydroxylation sites is 1. The number of nitrogens with one attached hydrogen (secondary N) is 1. The normalized spacial score (nSPS) is 17.9. The predicted molar refractivity (Wildman–Crippen MR) is 97.7 cm³/mol. The van der Waals surface area contributed by atoms with Crippen LogP contribution in [-0.2, 0) is 17.0 Å². The van der Waals surface area contributed by atoms with Crippen LogP contribution in [0.25, 0.3) is 10.9 Å². The van der Waals surface area contributed by atoms with E-state index in [1.807, 2.05) is 11.8 Å². The summed E-state index contributed by atoms with van der Waals surface area (Å²) in [6, 6.07) is 19.4. The van der Waals surface area contributed by atoms with Crippen molar-refractivity contribution in [1.29, 1.82) is 0 Å². The first-order chi connectivity index (χ1) is 11.4. The quantitative estimate of drug-likeness (QED) is 0.728. The van der Waals surface area contributed by atoms with Crippen molar-refractivity contribution in [3.05, 3.63) is 71.4 Å². The van der Waals surface area contributed by atoms with Gasteiger partial charge in [-0.05, 0) is 24.5 Å². The van der Waals surface area contributed by atoms with Crippen LogP contribution in [0.1, 0.15) is 29.7 Å². The Kier molecular flexibility index (Phi) is 2.92. The number of pyridine rings is 1. The van der Waals surface area contributed by atoms with Gasteiger partial charge in [0, 0.05) is 22.5 Å². The summed E-state index contributed by atoms with van der Waals surface area (Å²) in [5.41, 5.74) is 6.63. The summed E-state index contributed by atoms with van der Waals surface area (Å²) in [4.78, 5) is 4.88. The molecule has 1 aliphatic heterocycles. The molecule has 2 aromatic carbocycles. The molecule has 0 amide bonds. The average molecular weight is 318 g/mol. The molecule has 2 nitrogen and oxygen atoms in total. The largest absolute Gasteiger partial charge is 0.375 e. The third kappa shape index (κ3) is 2.14. The van der Waals surface area contributed by atoms with Crippen LogP contribution >= 0.6 is 11.8 Å². The molecular weight excluding hydrogens is 300 g/mol. The van der Waals surface area contributed by atoms with Crippen molar-refractivity contribution in [2.24, 2.45) is 0 Å². The van der Waals surface area contributed by atoms with Gasteiger partial charge >= 0.3 is 0 Å². The predicted octanol–water partition coefficient (Wildman–Crippen LogP) is 5.08. The highest BCUT2D eigenvalue weighted by Gasteiger charge is 2.45. The van der Waals surface area contributed by atoms with Crippen molar-refractivity contribution in [3.63, 3.8) is 0 Å².